The van der Waals surface area contributed by atoms with Crippen LogP contribution in [0, 0.1) is 5.82 Å². The summed E-state index contributed by atoms with van der Waals surface area (Å²) in [6.07, 6.45) is 2.00. The van der Waals surface area contributed by atoms with Gasteiger partial charge in [0.25, 0.3) is 0 Å². The summed E-state index contributed by atoms with van der Waals surface area (Å²) in [6, 6.07) is 5.24. The molecule has 1 aromatic rings. The molecule has 0 bridgehead atoms. The predicted octanol–water partition coefficient (Wildman–Crippen LogP) is 1.12. The molecule has 0 aliphatic carbocycles. The first-order valence-electron chi connectivity index (χ1n) is 9.58. The van der Waals surface area contributed by atoms with Crippen LogP contribution in [0.15, 0.2) is 24.3 Å². The summed E-state index contributed by atoms with van der Waals surface area (Å²) in [7, 11) is 0. The highest BCUT2D eigenvalue weighted by molar-refractivity contribution is 5.82. The van der Waals surface area contributed by atoms with E-state index in [-0.39, 0.29) is 18.1 Å². The Balaban J connectivity index is 1.48. The van der Waals surface area contributed by atoms with Crippen molar-refractivity contribution in [3.63, 3.8) is 0 Å². The fourth-order valence-corrected chi connectivity index (χ4v) is 2.99. The van der Waals surface area contributed by atoms with Crippen LogP contribution in [0.3, 0.4) is 0 Å². The van der Waals surface area contributed by atoms with Crippen molar-refractivity contribution in [1.29, 1.82) is 0 Å². The van der Waals surface area contributed by atoms with Crippen molar-refractivity contribution in [3.05, 3.63) is 35.6 Å². The van der Waals surface area contributed by atoms with Gasteiger partial charge in [-0.25, -0.2) is 14.6 Å². The maximum absolute atomic E-state index is 12.8. The number of amides is 3. The second-order valence-electron chi connectivity index (χ2n) is 6.72. The minimum Gasteiger partial charge on any atom is -0.337 e. The molecule has 0 radical (unpaired) electrons. The number of benzene rings is 1. The fraction of sp³-hybridized carbons (Fsp3) is 0.579. The summed E-state index contributed by atoms with van der Waals surface area (Å²) >= 11 is 0. The summed E-state index contributed by atoms with van der Waals surface area (Å²) in [5.41, 5.74) is 5.34. The van der Waals surface area contributed by atoms with Crippen LogP contribution in [0.1, 0.15) is 25.3 Å². The topological polar surface area (TPSA) is 76.7 Å². The van der Waals surface area contributed by atoms with Crippen LogP contribution in [0.25, 0.3) is 0 Å². The maximum atomic E-state index is 12.8. The molecule has 1 aliphatic rings. The van der Waals surface area contributed by atoms with E-state index >= 15 is 0 Å². The molecule has 1 aliphatic heterocycles. The molecule has 2 rings (SSSR count). The highest BCUT2D eigenvalue weighted by Crippen LogP contribution is 2.04. The number of nitrogens with zero attached hydrogens (tertiary/aromatic N) is 2. The van der Waals surface area contributed by atoms with Crippen LogP contribution < -0.4 is 16.2 Å². The molecule has 3 N–H and O–H groups in total. The highest BCUT2D eigenvalue weighted by Gasteiger charge is 2.14. The number of rotatable bonds is 8. The van der Waals surface area contributed by atoms with E-state index in [2.05, 4.69) is 32.9 Å². The molecule has 0 atom stereocenters. The zero-order chi connectivity index (χ0) is 19.5. The van der Waals surface area contributed by atoms with Crippen LogP contribution >= 0.6 is 0 Å². The van der Waals surface area contributed by atoms with Gasteiger partial charge in [0.1, 0.15) is 5.82 Å². The van der Waals surface area contributed by atoms with Crippen molar-refractivity contribution in [2.45, 2.75) is 26.2 Å². The molecular weight excluding hydrogens is 349 g/mol. The zero-order valence-corrected chi connectivity index (χ0v) is 16.0. The van der Waals surface area contributed by atoms with E-state index in [9.17, 15) is 14.0 Å². The quantitative estimate of drug-likeness (QED) is 0.467. The SMILES string of the molecule is CCN1CCN(CCCCNC(=O)NNC(=O)Cc2ccc(F)cc2)CC1. The number of carbonyl (C=O) groups excluding carboxylic acids is 2. The molecule has 0 spiro atoms. The summed E-state index contributed by atoms with van der Waals surface area (Å²) in [5, 5.41) is 2.72. The Labute approximate surface area is 160 Å². The van der Waals surface area contributed by atoms with Gasteiger partial charge in [-0.15, -0.1) is 0 Å². The first-order valence-corrected chi connectivity index (χ1v) is 9.58. The average Bonchev–Trinajstić information content (AvgIpc) is 2.68. The summed E-state index contributed by atoms with van der Waals surface area (Å²) in [4.78, 5) is 28.3. The van der Waals surface area contributed by atoms with Crippen LogP contribution in [0.5, 0.6) is 0 Å². The molecule has 1 fully saturated rings. The molecule has 1 heterocycles. The van der Waals surface area contributed by atoms with Crippen LogP contribution in [-0.2, 0) is 11.2 Å². The Kier molecular flexibility index (Phi) is 9.00. The van der Waals surface area contributed by atoms with Crippen molar-refractivity contribution < 1.29 is 14.0 Å². The minimum absolute atomic E-state index is 0.0753. The normalized spacial score (nSPS) is 15.3. The third kappa shape index (κ3) is 8.36. The first-order chi connectivity index (χ1) is 13.1. The van der Waals surface area contributed by atoms with E-state index < -0.39 is 6.03 Å². The van der Waals surface area contributed by atoms with Gasteiger partial charge in [-0.2, -0.15) is 0 Å². The Morgan fingerprint density at radius 1 is 1.00 bits per heavy atom. The highest BCUT2D eigenvalue weighted by atomic mass is 19.1. The van der Waals surface area contributed by atoms with Gasteiger partial charge in [-0.05, 0) is 43.6 Å². The first kappa shape index (κ1) is 21.1. The van der Waals surface area contributed by atoms with Gasteiger partial charge in [-0.3, -0.25) is 10.2 Å². The number of nitrogens with one attached hydrogen (secondary N) is 3. The molecule has 1 saturated heterocycles. The standard InChI is InChI=1S/C19H30FN5O2/c1-2-24-11-13-25(14-12-24)10-4-3-9-21-19(27)23-22-18(26)15-16-5-7-17(20)8-6-16/h5-8H,2-4,9-15H2,1H3,(H,22,26)(H2,21,23,27). The molecule has 3 amide bonds. The van der Waals surface area contributed by atoms with Gasteiger partial charge >= 0.3 is 6.03 Å². The number of urea groups is 1. The molecule has 150 valence electrons. The zero-order valence-electron chi connectivity index (χ0n) is 16.0. The third-order valence-electron chi connectivity index (χ3n) is 4.69. The molecule has 27 heavy (non-hydrogen) atoms. The second kappa shape index (κ2) is 11.5. The Morgan fingerprint density at radius 2 is 1.67 bits per heavy atom. The van der Waals surface area contributed by atoms with Gasteiger partial charge in [0.15, 0.2) is 0 Å². The van der Waals surface area contributed by atoms with Gasteiger partial charge in [0, 0.05) is 32.7 Å². The van der Waals surface area contributed by atoms with Crippen LogP contribution in [0.2, 0.25) is 0 Å². The Hall–Kier alpha value is -2.19. The van der Waals surface area contributed by atoms with Gasteiger partial charge in [0.05, 0.1) is 6.42 Å². The predicted molar refractivity (Wildman–Crippen MR) is 103 cm³/mol. The molecule has 0 unspecified atom stereocenters. The van der Waals surface area contributed by atoms with Gasteiger partial charge < -0.3 is 15.1 Å². The lowest BCUT2D eigenvalue weighted by Gasteiger charge is -2.33. The summed E-state index contributed by atoms with van der Waals surface area (Å²) in [6.45, 7) is 9.42. The monoisotopic (exact) mass is 379 g/mol. The van der Waals surface area contributed by atoms with Crippen LogP contribution in [0.4, 0.5) is 9.18 Å². The van der Waals surface area contributed by atoms with Gasteiger partial charge in [0.2, 0.25) is 5.91 Å². The van der Waals surface area contributed by atoms with E-state index in [0.29, 0.717) is 12.1 Å². The Bertz CT molecular complexity index is 588. The third-order valence-corrected chi connectivity index (χ3v) is 4.69. The van der Waals surface area contributed by atoms with Crippen molar-refractivity contribution >= 4 is 11.9 Å². The van der Waals surface area contributed by atoms with E-state index in [1.807, 2.05) is 0 Å². The second-order valence-corrected chi connectivity index (χ2v) is 6.72. The molecular formula is C19H30FN5O2. The van der Waals surface area contributed by atoms with Crippen molar-refractivity contribution in [2.75, 3.05) is 45.8 Å². The lowest BCUT2D eigenvalue weighted by Crippen LogP contribution is -2.48. The van der Waals surface area contributed by atoms with Gasteiger partial charge in [-0.1, -0.05) is 19.1 Å². The number of hydrogen-bond donors (Lipinski definition) is 3. The van der Waals surface area contributed by atoms with Crippen LogP contribution in [-0.4, -0.2) is 67.6 Å². The summed E-state index contributed by atoms with van der Waals surface area (Å²) in [5.74, 6) is -0.706. The van der Waals surface area contributed by atoms with E-state index in [0.717, 1.165) is 52.1 Å². The largest absolute Gasteiger partial charge is 0.337 e. The van der Waals surface area contributed by atoms with E-state index in [1.54, 1.807) is 0 Å². The van der Waals surface area contributed by atoms with Crippen molar-refractivity contribution in [1.82, 2.24) is 26.0 Å². The molecule has 1 aromatic carbocycles. The Morgan fingerprint density at radius 3 is 2.33 bits per heavy atom. The number of hydrogen-bond acceptors (Lipinski definition) is 4. The number of piperazine rings is 1. The number of likely N-dealkylation sites (N-methyl/N-ethyl adjacent to an activating group) is 1. The number of hydrazine groups is 1. The summed E-state index contributed by atoms with van der Waals surface area (Å²) < 4.78 is 12.8. The molecule has 7 nitrogen and oxygen atoms in total. The molecule has 0 aromatic heterocycles. The fourth-order valence-electron chi connectivity index (χ4n) is 2.99. The number of halogens is 1. The number of carbonyl (C=O) groups is 2. The van der Waals surface area contributed by atoms with Crippen molar-refractivity contribution in [2.24, 2.45) is 0 Å². The maximum Gasteiger partial charge on any atom is 0.333 e. The van der Waals surface area contributed by atoms with E-state index in [4.69, 9.17) is 0 Å². The smallest absolute Gasteiger partial charge is 0.333 e. The molecule has 0 saturated carbocycles. The lowest BCUT2D eigenvalue weighted by molar-refractivity contribution is -0.121. The van der Waals surface area contributed by atoms with Crippen molar-refractivity contribution in [3.8, 4) is 0 Å². The lowest BCUT2D eigenvalue weighted by atomic mass is 10.1. The van der Waals surface area contributed by atoms with E-state index in [1.165, 1.54) is 24.3 Å². The average molecular weight is 379 g/mol. The molecule has 8 heteroatoms. The minimum atomic E-state index is -0.431. The number of unbranched alkanes of at least 4 members (excludes halogenated alkanes) is 1.